The third-order valence-corrected chi connectivity index (χ3v) is 3.89. The van der Waals surface area contributed by atoms with E-state index in [0.29, 0.717) is 13.1 Å². The Balaban J connectivity index is 2.16. The highest BCUT2D eigenvalue weighted by atomic mass is 19.4. The van der Waals surface area contributed by atoms with E-state index >= 15 is 0 Å². The normalized spacial score (nSPS) is 14.9. The van der Waals surface area contributed by atoms with E-state index in [1.807, 2.05) is 0 Å². The van der Waals surface area contributed by atoms with Crippen LogP contribution < -0.4 is 4.90 Å². The molecule has 0 radical (unpaired) electrons. The minimum atomic E-state index is -4.55. The van der Waals surface area contributed by atoms with Crippen molar-refractivity contribution in [3.63, 3.8) is 0 Å². The van der Waals surface area contributed by atoms with Gasteiger partial charge < -0.3 is 9.80 Å². The molecule has 1 fully saturated rings. The zero-order valence-corrected chi connectivity index (χ0v) is 12.9. The quantitative estimate of drug-likeness (QED) is 0.852. The summed E-state index contributed by atoms with van der Waals surface area (Å²) in [6.07, 6.45) is -2.65. The van der Waals surface area contributed by atoms with Gasteiger partial charge in [-0.3, -0.25) is 9.59 Å². The third kappa shape index (κ3) is 4.24. The van der Waals surface area contributed by atoms with Crippen molar-refractivity contribution in [2.24, 2.45) is 0 Å². The van der Waals surface area contributed by atoms with Gasteiger partial charge in [0.05, 0.1) is 11.3 Å². The Bertz CT molecular complexity index is 581. The number of alkyl halides is 3. The Hall–Kier alpha value is -2.05. The SMILES string of the molecule is CC(=O)N(CCC(=O)N1CCCC1)c1ccccc1C(F)(F)F. The van der Waals surface area contributed by atoms with Crippen LogP contribution in [0, 0.1) is 0 Å². The molecule has 0 N–H and O–H groups in total. The Kier molecular flexibility index (Phi) is 5.28. The van der Waals surface area contributed by atoms with Crippen molar-refractivity contribution in [2.45, 2.75) is 32.4 Å². The van der Waals surface area contributed by atoms with Gasteiger partial charge in [0.25, 0.3) is 0 Å². The number of likely N-dealkylation sites (tertiary alicyclic amines) is 1. The summed E-state index contributed by atoms with van der Waals surface area (Å²) in [6.45, 7) is 2.50. The van der Waals surface area contributed by atoms with Gasteiger partial charge in [-0.1, -0.05) is 12.1 Å². The van der Waals surface area contributed by atoms with Gasteiger partial charge in [0, 0.05) is 33.0 Å². The molecule has 2 amide bonds. The molecule has 1 aromatic carbocycles. The molecule has 1 saturated heterocycles. The number of rotatable bonds is 4. The zero-order chi connectivity index (χ0) is 17.0. The fraction of sp³-hybridized carbons (Fsp3) is 0.500. The van der Waals surface area contributed by atoms with Crippen LogP contribution in [0.2, 0.25) is 0 Å². The molecule has 0 bridgehead atoms. The average molecular weight is 328 g/mol. The van der Waals surface area contributed by atoms with Crippen molar-refractivity contribution < 1.29 is 22.8 Å². The second-order valence-electron chi connectivity index (χ2n) is 5.52. The van der Waals surface area contributed by atoms with E-state index < -0.39 is 17.6 Å². The maximum atomic E-state index is 13.1. The molecule has 0 spiro atoms. The summed E-state index contributed by atoms with van der Waals surface area (Å²) >= 11 is 0. The molecule has 0 aliphatic carbocycles. The molecule has 0 unspecified atom stereocenters. The van der Waals surface area contributed by atoms with Gasteiger partial charge >= 0.3 is 6.18 Å². The van der Waals surface area contributed by atoms with E-state index in [1.54, 1.807) is 4.90 Å². The summed E-state index contributed by atoms with van der Waals surface area (Å²) in [5, 5.41) is 0. The smallest absolute Gasteiger partial charge is 0.343 e. The van der Waals surface area contributed by atoms with E-state index in [0.717, 1.165) is 23.8 Å². The molecule has 2 rings (SSSR count). The number of hydrogen-bond acceptors (Lipinski definition) is 2. The lowest BCUT2D eigenvalue weighted by Crippen LogP contribution is -2.36. The van der Waals surface area contributed by atoms with Gasteiger partial charge in [-0.25, -0.2) is 0 Å². The predicted octanol–water partition coefficient (Wildman–Crippen LogP) is 3.07. The molecule has 4 nitrogen and oxygen atoms in total. The lowest BCUT2D eigenvalue weighted by atomic mass is 10.1. The Labute approximate surface area is 132 Å². The molecule has 1 heterocycles. The highest BCUT2D eigenvalue weighted by Gasteiger charge is 2.35. The van der Waals surface area contributed by atoms with Crippen LogP contribution in [0.4, 0.5) is 18.9 Å². The van der Waals surface area contributed by atoms with Crippen molar-refractivity contribution in [1.82, 2.24) is 4.90 Å². The van der Waals surface area contributed by atoms with Crippen LogP contribution in [0.5, 0.6) is 0 Å². The fourth-order valence-electron chi connectivity index (χ4n) is 2.73. The number of carbonyl (C=O) groups is 2. The van der Waals surface area contributed by atoms with E-state index in [2.05, 4.69) is 0 Å². The van der Waals surface area contributed by atoms with Crippen molar-refractivity contribution in [3.05, 3.63) is 29.8 Å². The number of carbonyl (C=O) groups excluding carboxylic acids is 2. The summed E-state index contributed by atoms with van der Waals surface area (Å²) in [5.74, 6) is -0.644. The molecule has 1 aliphatic heterocycles. The largest absolute Gasteiger partial charge is 0.418 e. The number of benzene rings is 1. The standard InChI is InChI=1S/C16H19F3N2O2/c1-12(22)21(11-8-15(23)20-9-4-5-10-20)14-7-3-2-6-13(14)16(17,18)19/h2-3,6-7H,4-5,8-11H2,1H3. The number of halogens is 3. The van der Waals surface area contributed by atoms with Crippen molar-refractivity contribution in [2.75, 3.05) is 24.5 Å². The van der Waals surface area contributed by atoms with Crippen LogP contribution in [0.1, 0.15) is 31.7 Å². The molecular formula is C16H19F3N2O2. The predicted molar refractivity (Wildman–Crippen MR) is 79.9 cm³/mol. The van der Waals surface area contributed by atoms with Gasteiger partial charge in [0.15, 0.2) is 0 Å². The summed E-state index contributed by atoms with van der Waals surface area (Å²) in [6, 6.07) is 4.92. The van der Waals surface area contributed by atoms with Gasteiger partial charge in [-0.05, 0) is 25.0 Å². The number of amides is 2. The number of para-hydroxylation sites is 1. The molecular weight excluding hydrogens is 309 g/mol. The summed E-state index contributed by atoms with van der Waals surface area (Å²) < 4.78 is 39.3. The molecule has 126 valence electrons. The van der Waals surface area contributed by atoms with Crippen LogP contribution >= 0.6 is 0 Å². The molecule has 1 aliphatic rings. The summed E-state index contributed by atoms with van der Waals surface area (Å²) in [5.41, 5.74) is -1.08. The van der Waals surface area contributed by atoms with Crippen LogP contribution in [0.3, 0.4) is 0 Å². The first-order chi connectivity index (χ1) is 10.8. The first-order valence-electron chi connectivity index (χ1n) is 7.53. The van der Waals surface area contributed by atoms with Crippen LogP contribution in [0.25, 0.3) is 0 Å². The van der Waals surface area contributed by atoms with Crippen LogP contribution in [0.15, 0.2) is 24.3 Å². The molecule has 23 heavy (non-hydrogen) atoms. The maximum absolute atomic E-state index is 13.1. The Morgan fingerprint density at radius 2 is 1.78 bits per heavy atom. The zero-order valence-electron chi connectivity index (χ0n) is 12.9. The number of nitrogens with zero attached hydrogens (tertiary/aromatic N) is 2. The average Bonchev–Trinajstić information content (AvgIpc) is 3.00. The van der Waals surface area contributed by atoms with Gasteiger partial charge in [-0.15, -0.1) is 0 Å². The van der Waals surface area contributed by atoms with Crippen molar-refractivity contribution >= 4 is 17.5 Å². The van der Waals surface area contributed by atoms with E-state index in [-0.39, 0.29) is 24.6 Å². The van der Waals surface area contributed by atoms with Crippen molar-refractivity contribution in [1.29, 1.82) is 0 Å². The maximum Gasteiger partial charge on any atom is 0.418 e. The number of anilines is 1. The monoisotopic (exact) mass is 328 g/mol. The fourth-order valence-corrected chi connectivity index (χ4v) is 2.73. The van der Waals surface area contributed by atoms with Gasteiger partial charge in [0.1, 0.15) is 0 Å². The highest BCUT2D eigenvalue weighted by molar-refractivity contribution is 5.93. The second-order valence-corrected chi connectivity index (χ2v) is 5.52. The lowest BCUT2D eigenvalue weighted by molar-refractivity contribution is -0.137. The Morgan fingerprint density at radius 1 is 1.17 bits per heavy atom. The van der Waals surface area contributed by atoms with Gasteiger partial charge in [-0.2, -0.15) is 13.2 Å². The second kappa shape index (κ2) is 7.02. The van der Waals surface area contributed by atoms with Crippen LogP contribution in [-0.2, 0) is 15.8 Å². The third-order valence-electron chi connectivity index (χ3n) is 3.89. The molecule has 7 heteroatoms. The topological polar surface area (TPSA) is 40.6 Å². The van der Waals surface area contributed by atoms with Crippen molar-refractivity contribution in [3.8, 4) is 0 Å². The summed E-state index contributed by atoms with van der Waals surface area (Å²) in [7, 11) is 0. The van der Waals surface area contributed by atoms with E-state index in [4.69, 9.17) is 0 Å². The van der Waals surface area contributed by atoms with E-state index in [1.165, 1.54) is 25.1 Å². The van der Waals surface area contributed by atoms with Gasteiger partial charge in [0.2, 0.25) is 11.8 Å². The highest BCUT2D eigenvalue weighted by Crippen LogP contribution is 2.36. The summed E-state index contributed by atoms with van der Waals surface area (Å²) in [4.78, 5) is 26.6. The van der Waals surface area contributed by atoms with Crippen LogP contribution in [-0.4, -0.2) is 36.3 Å². The number of hydrogen-bond donors (Lipinski definition) is 0. The minimum Gasteiger partial charge on any atom is -0.343 e. The molecule has 0 aromatic heterocycles. The first kappa shape index (κ1) is 17.3. The lowest BCUT2D eigenvalue weighted by Gasteiger charge is -2.25. The van der Waals surface area contributed by atoms with E-state index in [9.17, 15) is 22.8 Å². The molecule has 0 atom stereocenters. The molecule has 1 aromatic rings. The molecule has 0 saturated carbocycles. The minimum absolute atomic E-state index is 0.0196. The first-order valence-corrected chi connectivity index (χ1v) is 7.53. The Morgan fingerprint density at radius 3 is 2.35 bits per heavy atom.